The molecule has 0 unspecified atom stereocenters. The first-order valence-electron chi connectivity index (χ1n) is 15.1. The number of likely N-dealkylation sites (tertiary alicyclic amines) is 2. The number of pyridine rings is 2. The Kier molecular flexibility index (Phi) is 18.2. The Morgan fingerprint density at radius 1 is 0.783 bits per heavy atom. The molecule has 46 heavy (non-hydrogen) atoms. The molecule has 0 radical (unpaired) electrons. The molecule has 2 amide bonds. The molecule has 0 aromatic carbocycles. The fraction of sp³-hybridized carbons (Fsp3) is 0.636. The lowest BCUT2D eigenvalue weighted by Gasteiger charge is -2.33. The molecule has 2 aromatic rings. The van der Waals surface area contributed by atoms with Crippen LogP contribution >= 0.6 is 34.8 Å². The van der Waals surface area contributed by atoms with E-state index in [9.17, 15) is 14.7 Å². The summed E-state index contributed by atoms with van der Waals surface area (Å²) in [5, 5.41) is 10.2. The van der Waals surface area contributed by atoms with E-state index in [2.05, 4.69) is 9.97 Å². The van der Waals surface area contributed by atoms with Crippen molar-refractivity contribution in [2.24, 2.45) is 0 Å². The van der Waals surface area contributed by atoms with Crippen LogP contribution in [0, 0.1) is 0 Å². The lowest BCUT2D eigenvalue weighted by atomic mass is 10.1. The summed E-state index contributed by atoms with van der Waals surface area (Å²) >= 11 is 16.8. The van der Waals surface area contributed by atoms with Gasteiger partial charge in [-0.2, -0.15) is 0 Å². The molecule has 0 bridgehead atoms. The SMILES string of the molecule is C.CC(C)(C)OC(=O)N1CCC(O)CC1.CC(C)(C)OC(=O)N1CCC(OCc2ccc(Cl)nc2)CC1.ClCc1ccc(Cl)nc1. The van der Waals surface area contributed by atoms with Crippen LogP contribution in [0.2, 0.25) is 10.3 Å². The molecule has 13 heteroatoms. The summed E-state index contributed by atoms with van der Waals surface area (Å²) in [6, 6.07) is 7.23. The Bertz CT molecular complexity index is 1160. The summed E-state index contributed by atoms with van der Waals surface area (Å²) in [5.41, 5.74) is 1.10. The third kappa shape index (κ3) is 17.5. The molecule has 0 spiro atoms. The minimum atomic E-state index is -0.452. The van der Waals surface area contributed by atoms with E-state index in [0.29, 0.717) is 61.8 Å². The number of piperidine rings is 2. The van der Waals surface area contributed by atoms with E-state index >= 15 is 0 Å². The molecule has 4 rings (SSSR count). The van der Waals surface area contributed by atoms with Crippen LogP contribution in [-0.2, 0) is 26.7 Å². The van der Waals surface area contributed by atoms with E-state index in [1.807, 2.05) is 53.7 Å². The largest absolute Gasteiger partial charge is 0.444 e. The second-order valence-electron chi connectivity index (χ2n) is 12.8. The van der Waals surface area contributed by atoms with Crippen LogP contribution in [-0.4, -0.2) is 86.6 Å². The van der Waals surface area contributed by atoms with Gasteiger partial charge in [-0.25, -0.2) is 19.6 Å². The highest BCUT2D eigenvalue weighted by molar-refractivity contribution is 6.29. The van der Waals surface area contributed by atoms with Crippen LogP contribution in [0.25, 0.3) is 0 Å². The molecule has 2 saturated heterocycles. The van der Waals surface area contributed by atoms with Crippen molar-refractivity contribution in [3.63, 3.8) is 0 Å². The first-order chi connectivity index (χ1) is 21.0. The summed E-state index contributed by atoms with van der Waals surface area (Å²) in [4.78, 5) is 34.8. The molecule has 0 aliphatic carbocycles. The van der Waals surface area contributed by atoms with Crippen LogP contribution in [0.5, 0.6) is 0 Å². The molecule has 2 aliphatic rings. The molecule has 0 saturated carbocycles. The zero-order chi connectivity index (χ0) is 33.6. The summed E-state index contributed by atoms with van der Waals surface area (Å²) in [6.45, 7) is 14.2. The van der Waals surface area contributed by atoms with Crippen LogP contribution in [0.1, 0.15) is 85.8 Å². The van der Waals surface area contributed by atoms with E-state index in [1.165, 1.54) is 0 Å². The van der Waals surface area contributed by atoms with Crippen LogP contribution < -0.4 is 0 Å². The third-order valence-electron chi connectivity index (χ3n) is 6.43. The molecule has 2 aromatic heterocycles. The van der Waals surface area contributed by atoms with Gasteiger partial charge in [0.2, 0.25) is 0 Å². The number of aromatic nitrogens is 2. The smallest absolute Gasteiger partial charge is 0.410 e. The highest BCUT2D eigenvalue weighted by Crippen LogP contribution is 2.19. The fourth-order valence-electron chi connectivity index (χ4n) is 4.10. The first kappa shape index (κ1) is 41.7. The Balaban J connectivity index is 0.000000377. The van der Waals surface area contributed by atoms with Crippen LogP contribution in [0.15, 0.2) is 36.7 Å². The molecule has 0 atom stereocenters. The molecular weight excluding hydrogens is 655 g/mol. The van der Waals surface area contributed by atoms with Gasteiger partial charge in [0.15, 0.2) is 0 Å². The Labute approximate surface area is 289 Å². The number of carbonyl (C=O) groups is 2. The van der Waals surface area contributed by atoms with Crippen LogP contribution in [0.4, 0.5) is 9.59 Å². The van der Waals surface area contributed by atoms with Gasteiger partial charge in [0, 0.05) is 44.5 Å². The van der Waals surface area contributed by atoms with E-state index in [-0.39, 0.29) is 31.8 Å². The second-order valence-corrected chi connectivity index (χ2v) is 13.8. The van der Waals surface area contributed by atoms with E-state index in [0.717, 1.165) is 24.0 Å². The van der Waals surface area contributed by atoms with Gasteiger partial charge in [0.1, 0.15) is 21.5 Å². The van der Waals surface area contributed by atoms with Crippen molar-refractivity contribution in [1.29, 1.82) is 0 Å². The van der Waals surface area contributed by atoms with Crippen molar-refractivity contribution >= 4 is 47.0 Å². The van der Waals surface area contributed by atoms with Gasteiger partial charge in [0.05, 0.1) is 18.8 Å². The van der Waals surface area contributed by atoms with Crippen molar-refractivity contribution in [3.05, 3.63) is 58.1 Å². The van der Waals surface area contributed by atoms with Crippen molar-refractivity contribution < 1.29 is 28.9 Å². The van der Waals surface area contributed by atoms with Gasteiger partial charge in [-0.3, -0.25) is 0 Å². The number of aliphatic hydroxyl groups excluding tert-OH is 1. The lowest BCUT2D eigenvalue weighted by molar-refractivity contribution is -0.0171. The van der Waals surface area contributed by atoms with Gasteiger partial charge in [-0.1, -0.05) is 42.8 Å². The van der Waals surface area contributed by atoms with Crippen molar-refractivity contribution in [2.75, 3.05) is 26.2 Å². The van der Waals surface area contributed by atoms with Gasteiger partial charge >= 0.3 is 12.2 Å². The molecule has 4 heterocycles. The molecule has 2 aliphatic heterocycles. The normalized spacial score (nSPS) is 15.8. The molecule has 10 nitrogen and oxygen atoms in total. The molecule has 260 valence electrons. The van der Waals surface area contributed by atoms with Crippen molar-refractivity contribution in [2.45, 2.75) is 111 Å². The fourth-order valence-corrected chi connectivity index (χ4v) is 4.48. The van der Waals surface area contributed by atoms with E-state index in [1.54, 1.807) is 34.3 Å². The maximum absolute atomic E-state index is 12.0. The maximum atomic E-state index is 12.0. The average Bonchev–Trinajstić information content (AvgIpc) is 2.97. The van der Waals surface area contributed by atoms with Crippen molar-refractivity contribution in [1.82, 2.24) is 19.8 Å². The van der Waals surface area contributed by atoms with Gasteiger partial charge in [0.25, 0.3) is 0 Å². The molecule has 2 fully saturated rings. The summed E-state index contributed by atoms with van der Waals surface area (Å²) in [6.07, 6.45) is 5.72. The summed E-state index contributed by atoms with van der Waals surface area (Å²) in [7, 11) is 0. The lowest BCUT2D eigenvalue weighted by Crippen LogP contribution is -2.43. The zero-order valence-corrected chi connectivity index (χ0v) is 29.4. The van der Waals surface area contributed by atoms with Gasteiger partial charge in [-0.15, -0.1) is 11.6 Å². The number of ether oxygens (including phenoxy) is 3. The van der Waals surface area contributed by atoms with Crippen molar-refractivity contribution in [3.8, 4) is 0 Å². The monoisotopic (exact) mass is 704 g/mol. The molecular formula is C33H51Cl3N4O6. The molecule has 1 N–H and O–H groups in total. The minimum absolute atomic E-state index is 0. The number of carbonyl (C=O) groups excluding carboxylic acids is 2. The van der Waals surface area contributed by atoms with E-state index in [4.69, 9.17) is 49.0 Å². The Hall–Kier alpha value is -2.37. The predicted molar refractivity (Wildman–Crippen MR) is 183 cm³/mol. The topological polar surface area (TPSA) is 114 Å². The Morgan fingerprint density at radius 2 is 1.20 bits per heavy atom. The number of nitrogens with zero attached hydrogens (tertiary/aromatic N) is 4. The predicted octanol–water partition coefficient (Wildman–Crippen LogP) is 8.14. The first-order valence-corrected chi connectivity index (χ1v) is 16.4. The number of alkyl halides is 1. The van der Waals surface area contributed by atoms with Crippen LogP contribution in [0.3, 0.4) is 0 Å². The second kappa shape index (κ2) is 20.1. The Morgan fingerprint density at radius 3 is 1.57 bits per heavy atom. The summed E-state index contributed by atoms with van der Waals surface area (Å²) < 4.78 is 16.5. The third-order valence-corrected chi connectivity index (χ3v) is 7.18. The highest BCUT2D eigenvalue weighted by Gasteiger charge is 2.27. The number of hydrogen-bond donors (Lipinski definition) is 1. The van der Waals surface area contributed by atoms with Gasteiger partial charge in [-0.05, 0) is 90.5 Å². The minimum Gasteiger partial charge on any atom is -0.444 e. The number of halogens is 3. The average molecular weight is 706 g/mol. The summed E-state index contributed by atoms with van der Waals surface area (Å²) in [5.74, 6) is 0.490. The number of amides is 2. The highest BCUT2D eigenvalue weighted by atomic mass is 35.5. The number of hydrogen-bond acceptors (Lipinski definition) is 8. The zero-order valence-electron chi connectivity index (χ0n) is 27.1. The standard InChI is InChI=1S/C16H23ClN2O3.C10H19NO3.C6H5Cl2N.CH4/c1-16(2,3)22-15(20)19-8-6-13(7-9-19)21-11-12-4-5-14(17)18-10-12;1-10(2,3)14-9(13)11-6-4-8(12)5-7-11;7-3-5-1-2-6(8)9-4-5;/h4-5,10,13H,6-9,11H2,1-3H3;8,12H,4-7H2,1-3H3;1-2,4H,3H2;1H4. The quantitative estimate of drug-likeness (QED) is 0.251. The van der Waals surface area contributed by atoms with E-state index < -0.39 is 11.2 Å². The number of aliphatic hydroxyl groups is 1. The van der Waals surface area contributed by atoms with Gasteiger partial charge < -0.3 is 29.1 Å². The number of rotatable bonds is 4. The maximum Gasteiger partial charge on any atom is 0.410 e.